The Morgan fingerprint density at radius 2 is 1.90 bits per heavy atom. The number of nitrogens with zero attached hydrogens (tertiary/aromatic N) is 1. The molecule has 21 heavy (non-hydrogen) atoms. The maximum absolute atomic E-state index is 12.9. The number of hydrogen-bond acceptors (Lipinski definition) is 2. The molecule has 1 N–H and O–H groups in total. The molecule has 1 heterocycles. The first-order valence-electron chi connectivity index (χ1n) is 8.36. The van der Waals surface area contributed by atoms with E-state index < -0.39 is 0 Å². The lowest BCUT2D eigenvalue weighted by atomic mass is 9.81. The van der Waals surface area contributed by atoms with Crippen LogP contribution < -0.4 is 5.32 Å². The van der Waals surface area contributed by atoms with Crippen LogP contribution in [0.25, 0.3) is 0 Å². The van der Waals surface area contributed by atoms with Crippen molar-refractivity contribution >= 4 is 11.8 Å². The average molecular weight is 294 g/mol. The van der Waals surface area contributed by atoms with Crippen LogP contribution in [0, 0.1) is 17.3 Å². The molecule has 0 spiro atoms. The van der Waals surface area contributed by atoms with Gasteiger partial charge in [-0.3, -0.25) is 9.59 Å². The number of nitrogens with one attached hydrogen (secondary N) is 1. The summed E-state index contributed by atoms with van der Waals surface area (Å²) in [7, 11) is 0. The molecule has 1 saturated heterocycles. The molecular formula is C17H30N2O2. The molecule has 0 aromatic carbocycles. The summed E-state index contributed by atoms with van der Waals surface area (Å²) >= 11 is 0. The van der Waals surface area contributed by atoms with E-state index >= 15 is 0 Å². The molecule has 2 fully saturated rings. The third kappa shape index (κ3) is 3.58. The SMILES string of the molecule is CCC(C)C1NC(=O)C(C(C)(C)C)N(CCC2CC2)C1=O. The second kappa shape index (κ2) is 5.98. The Morgan fingerprint density at radius 3 is 2.38 bits per heavy atom. The Labute approximate surface area is 128 Å². The van der Waals surface area contributed by atoms with Crippen molar-refractivity contribution in [3.05, 3.63) is 0 Å². The van der Waals surface area contributed by atoms with Gasteiger partial charge in [-0.1, -0.05) is 53.9 Å². The molecule has 1 saturated carbocycles. The minimum Gasteiger partial charge on any atom is -0.342 e. The lowest BCUT2D eigenvalue weighted by Crippen LogP contribution is -2.68. The molecular weight excluding hydrogens is 264 g/mol. The van der Waals surface area contributed by atoms with Gasteiger partial charge in [0.05, 0.1) is 0 Å². The van der Waals surface area contributed by atoms with Crippen molar-refractivity contribution in [2.45, 2.75) is 72.4 Å². The van der Waals surface area contributed by atoms with Crippen molar-refractivity contribution in [1.29, 1.82) is 0 Å². The lowest BCUT2D eigenvalue weighted by Gasteiger charge is -2.46. The summed E-state index contributed by atoms with van der Waals surface area (Å²) in [6, 6.07) is -0.690. The maximum atomic E-state index is 12.9. The first-order valence-corrected chi connectivity index (χ1v) is 8.36. The van der Waals surface area contributed by atoms with Gasteiger partial charge < -0.3 is 10.2 Å². The fourth-order valence-electron chi connectivity index (χ4n) is 3.19. The Morgan fingerprint density at radius 1 is 1.29 bits per heavy atom. The summed E-state index contributed by atoms with van der Waals surface area (Å²) < 4.78 is 0. The van der Waals surface area contributed by atoms with E-state index in [0.717, 1.165) is 25.3 Å². The Hall–Kier alpha value is -1.06. The predicted molar refractivity (Wildman–Crippen MR) is 83.7 cm³/mol. The smallest absolute Gasteiger partial charge is 0.246 e. The molecule has 4 nitrogen and oxygen atoms in total. The first-order chi connectivity index (χ1) is 9.75. The first kappa shape index (κ1) is 16.3. The van der Waals surface area contributed by atoms with E-state index in [9.17, 15) is 9.59 Å². The lowest BCUT2D eigenvalue weighted by molar-refractivity contribution is -0.155. The zero-order chi connectivity index (χ0) is 15.8. The van der Waals surface area contributed by atoms with E-state index in [1.807, 2.05) is 32.6 Å². The van der Waals surface area contributed by atoms with Crippen LogP contribution >= 0.6 is 0 Å². The Bertz CT molecular complexity index is 410. The fraction of sp³-hybridized carbons (Fsp3) is 0.882. The van der Waals surface area contributed by atoms with Crippen molar-refractivity contribution in [1.82, 2.24) is 10.2 Å². The molecule has 0 radical (unpaired) electrons. The Kier molecular flexibility index (Phi) is 4.64. The standard InChI is InChI=1S/C17H30N2O2/c1-6-11(2)13-16(21)19(10-9-12-7-8-12)14(15(20)18-13)17(3,4)5/h11-14H,6-10H2,1-5H3,(H,18,20). The number of carbonyl (C=O) groups is 2. The summed E-state index contributed by atoms with van der Waals surface area (Å²) in [4.78, 5) is 27.3. The minimum atomic E-state index is -0.347. The van der Waals surface area contributed by atoms with E-state index in [1.54, 1.807) is 0 Å². The van der Waals surface area contributed by atoms with Crippen LogP contribution in [-0.4, -0.2) is 35.3 Å². The summed E-state index contributed by atoms with van der Waals surface area (Å²) in [6.45, 7) is 11.0. The number of hydrogen-bond donors (Lipinski definition) is 1. The van der Waals surface area contributed by atoms with Gasteiger partial charge in [-0.15, -0.1) is 0 Å². The zero-order valence-corrected chi connectivity index (χ0v) is 14.1. The molecule has 3 unspecified atom stereocenters. The van der Waals surface area contributed by atoms with E-state index in [-0.39, 0.29) is 35.2 Å². The van der Waals surface area contributed by atoms with E-state index in [0.29, 0.717) is 0 Å². The third-order valence-corrected chi connectivity index (χ3v) is 4.92. The van der Waals surface area contributed by atoms with Crippen molar-refractivity contribution in [3.63, 3.8) is 0 Å². The number of amides is 2. The molecule has 0 bridgehead atoms. The summed E-state index contributed by atoms with van der Waals surface area (Å²) in [5.41, 5.74) is -0.232. The summed E-state index contributed by atoms with van der Waals surface area (Å²) in [5.74, 6) is 1.09. The van der Waals surface area contributed by atoms with E-state index in [1.165, 1.54) is 12.8 Å². The van der Waals surface area contributed by atoms with Gasteiger partial charge in [-0.05, 0) is 23.7 Å². The summed E-state index contributed by atoms with van der Waals surface area (Å²) in [6.07, 6.45) is 4.50. The molecule has 1 aliphatic heterocycles. The van der Waals surface area contributed by atoms with Crippen molar-refractivity contribution < 1.29 is 9.59 Å². The van der Waals surface area contributed by atoms with Gasteiger partial charge in [0, 0.05) is 6.54 Å². The van der Waals surface area contributed by atoms with E-state index in [4.69, 9.17) is 0 Å². The fourth-order valence-corrected chi connectivity index (χ4v) is 3.19. The molecule has 0 aromatic rings. The predicted octanol–water partition coefficient (Wildman–Crippen LogP) is 2.57. The molecule has 3 atom stereocenters. The second-order valence-corrected chi connectivity index (χ2v) is 7.90. The normalized spacial score (nSPS) is 28.5. The molecule has 4 heteroatoms. The van der Waals surface area contributed by atoms with Crippen molar-refractivity contribution in [2.75, 3.05) is 6.54 Å². The quantitative estimate of drug-likeness (QED) is 0.847. The number of carbonyl (C=O) groups excluding carboxylic acids is 2. The highest BCUT2D eigenvalue weighted by molar-refractivity contribution is 5.97. The highest BCUT2D eigenvalue weighted by Crippen LogP contribution is 2.35. The van der Waals surface area contributed by atoms with Crippen LogP contribution in [-0.2, 0) is 9.59 Å². The van der Waals surface area contributed by atoms with Gasteiger partial charge in [0.25, 0.3) is 0 Å². The maximum Gasteiger partial charge on any atom is 0.246 e. The van der Waals surface area contributed by atoms with Gasteiger partial charge >= 0.3 is 0 Å². The molecule has 2 rings (SSSR count). The highest BCUT2D eigenvalue weighted by atomic mass is 16.2. The molecule has 2 aliphatic rings. The monoisotopic (exact) mass is 294 g/mol. The van der Waals surface area contributed by atoms with Crippen molar-refractivity contribution in [3.8, 4) is 0 Å². The van der Waals surface area contributed by atoms with E-state index in [2.05, 4.69) is 12.2 Å². The highest BCUT2D eigenvalue weighted by Gasteiger charge is 2.47. The van der Waals surface area contributed by atoms with Gasteiger partial charge in [-0.2, -0.15) is 0 Å². The Balaban J connectivity index is 2.20. The molecule has 2 amide bonds. The van der Waals surface area contributed by atoms with Crippen LogP contribution in [0.1, 0.15) is 60.3 Å². The topological polar surface area (TPSA) is 49.4 Å². The zero-order valence-electron chi connectivity index (χ0n) is 14.1. The minimum absolute atomic E-state index is 0.0168. The van der Waals surface area contributed by atoms with Crippen LogP contribution in [0.15, 0.2) is 0 Å². The molecule has 1 aliphatic carbocycles. The van der Waals surface area contributed by atoms with Gasteiger partial charge in [0.1, 0.15) is 12.1 Å². The summed E-state index contributed by atoms with van der Waals surface area (Å²) in [5, 5.41) is 2.98. The molecule has 120 valence electrons. The van der Waals surface area contributed by atoms with Crippen LogP contribution in [0.5, 0.6) is 0 Å². The van der Waals surface area contributed by atoms with Crippen LogP contribution in [0.2, 0.25) is 0 Å². The third-order valence-electron chi connectivity index (χ3n) is 4.92. The van der Waals surface area contributed by atoms with Gasteiger partial charge in [0.15, 0.2) is 0 Å². The number of rotatable bonds is 5. The average Bonchev–Trinajstić information content (AvgIpc) is 3.20. The van der Waals surface area contributed by atoms with Gasteiger partial charge in [0.2, 0.25) is 11.8 Å². The molecule has 0 aromatic heterocycles. The second-order valence-electron chi connectivity index (χ2n) is 7.90. The van der Waals surface area contributed by atoms with Crippen LogP contribution in [0.4, 0.5) is 0 Å². The number of piperazine rings is 1. The van der Waals surface area contributed by atoms with Crippen LogP contribution in [0.3, 0.4) is 0 Å². The van der Waals surface area contributed by atoms with Crippen molar-refractivity contribution in [2.24, 2.45) is 17.3 Å². The van der Waals surface area contributed by atoms with Gasteiger partial charge in [-0.25, -0.2) is 0 Å². The largest absolute Gasteiger partial charge is 0.342 e.